The van der Waals surface area contributed by atoms with Gasteiger partial charge in [-0.2, -0.15) is 0 Å². The Kier molecular flexibility index (Phi) is 10.2. The number of ether oxygens (including phenoxy) is 1. The van der Waals surface area contributed by atoms with E-state index in [1.165, 1.54) is 12.1 Å². The van der Waals surface area contributed by atoms with Gasteiger partial charge in [0.05, 0.1) is 25.7 Å². The fraction of sp³-hybridized carbons (Fsp3) is 0.350. The van der Waals surface area contributed by atoms with E-state index < -0.39 is 0 Å². The molecular weight excluding hydrogens is 404 g/mol. The zero-order chi connectivity index (χ0) is 18.4. The van der Waals surface area contributed by atoms with Crippen LogP contribution >= 0.6 is 24.8 Å². The molecule has 0 aliphatic carbocycles. The number of nitrogens with one attached hydrogen (secondary N) is 1. The Hall–Kier alpha value is -1.86. The molecule has 1 saturated heterocycles. The molecular formula is C20H26Cl2FN3O2. The van der Waals surface area contributed by atoms with Gasteiger partial charge in [-0.05, 0) is 35.4 Å². The van der Waals surface area contributed by atoms with Crippen LogP contribution in [0.4, 0.5) is 10.1 Å². The molecule has 1 aliphatic rings. The van der Waals surface area contributed by atoms with Crippen LogP contribution in [0.2, 0.25) is 0 Å². The molecule has 28 heavy (non-hydrogen) atoms. The fourth-order valence-electron chi connectivity index (χ4n) is 3.15. The van der Waals surface area contributed by atoms with E-state index in [1.807, 2.05) is 18.2 Å². The predicted molar refractivity (Wildman–Crippen MR) is 114 cm³/mol. The second-order valence-corrected chi connectivity index (χ2v) is 6.44. The van der Waals surface area contributed by atoms with E-state index in [0.29, 0.717) is 31.9 Å². The van der Waals surface area contributed by atoms with Gasteiger partial charge in [-0.25, -0.2) is 4.39 Å². The minimum absolute atomic E-state index is 0. The molecule has 0 radical (unpaired) electrons. The number of nitrogens with zero attached hydrogens (tertiary/aromatic N) is 1. The average Bonchev–Trinajstić information content (AvgIpc) is 2.65. The Morgan fingerprint density at radius 1 is 1.14 bits per heavy atom. The maximum absolute atomic E-state index is 13.7. The van der Waals surface area contributed by atoms with Crippen LogP contribution in [0.3, 0.4) is 0 Å². The van der Waals surface area contributed by atoms with Gasteiger partial charge in [-0.1, -0.05) is 24.3 Å². The molecule has 5 nitrogen and oxygen atoms in total. The topological polar surface area (TPSA) is 67.6 Å². The number of nitrogen functional groups attached to an aromatic ring is 1. The van der Waals surface area contributed by atoms with Crippen LogP contribution in [-0.4, -0.2) is 43.7 Å². The molecule has 3 N–H and O–H groups in total. The molecule has 0 bridgehead atoms. The minimum atomic E-state index is -0.269. The molecule has 1 heterocycles. The molecule has 1 fully saturated rings. The molecule has 1 aliphatic heterocycles. The molecule has 3 rings (SSSR count). The number of carbonyl (C=O) groups is 1. The summed E-state index contributed by atoms with van der Waals surface area (Å²) in [5.74, 6) is -0.335. The van der Waals surface area contributed by atoms with E-state index in [0.717, 1.165) is 24.2 Å². The van der Waals surface area contributed by atoms with Gasteiger partial charge in [0.2, 0.25) is 5.91 Å². The highest BCUT2D eigenvalue weighted by molar-refractivity contribution is 5.85. The van der Waals surface area contributed by atoms with Crippen LogP contribution in [0.1, 0.15) is 17.2 Å². The quantitative estimate of drug-likeness (QED) is 0.692. The lowest BCUT2D eigenvalue weighted by Gasteiger charge is -2.35. The average molecular weight is 430 g/mol. The van der Waals surface area contributed by atoms with Crippen LogP contribution < -0.4 is 11.1 Å². The first-order valence-electron chi connectivity index (χ1n) is 8.80. The van der Waals surface area contributed by atoms with E-state index in [4.69, 9.17) is 10.5 Å². The highest BCUT2D eigenvalue weighted by Crippen LogP contribution is 2.22. The second kappa shape index (κ2) is 11.9. The van der Waals surface area contributed by atoms with Crippen LogP contribution in [0.5, 0.6) is 0 Å². The lowest BCUT2D eigenvalue weighted by molar-refractivity contribution is -0.120. The van der Waals surface area contributed by atoms with Crippen LogP contribution in [-0.2, 0) is 16.0 Å². The SMILES string of the molecule is Cl.Cl.Nc1ccc(CC(=O)NCC(c2cccc(F)c2)N2CCOCC2)cc1. The van der Waals surface area contributed by atoms with E-state index in [2.05, 4.69) is 10.2 Å². The lowest BCUT2D eigenvalue weighted by Crippen LogP contribution is -2.44. The number of amides is 1. The van der Waals surface area contributed by atoms with Crippen LogP contribution in [0, 0.1) is 5.82 Å². The Morgan fingerprint density at radius 2 is 1.82 bits per heavy atom. The van der Waals surface area contributed by atoms with Gasteiger partial charge >= 0.3 is 0 Å². The van der Waals surface area contributed by atoms with Crippen molar-refractivity contribution in [2.45, 2.75) is 12.5 Å². The van der Waals surface area contributed by atoms with Gasteiger partial charge in [0.25, 0.3) is 0 Å². The first kappa shape index (κ1) is 24.2. The summed E-state index contributed by atoms with van der Waals surface area (Å²) >= 11 is 0. The highest BCUT2D eigenvalue weighted by atomic mass is 35.5. The second-order valence-electron chi connectivity index (χ2n) is 6.44. The summed E-state index contributed by atoms with van der Waals surface area (Å²) in [5, 5.41) is 2.99. The van der Waals surface area contributed by atoms with Crippen LogP contribution in [0.15, 0.2) is 48.5 Å². The van der Waals surface area contributed by atoms with E-state index >= 15 is 0 Å². The number of carbonyl (C=O) groups excluding carboxylic acids is 1. The standard InChI is InChI=1S/C20H24FN3O2.2ClH/c21-17-3-1-2-16(13-17)19(24-8-10-26-11-9-24)14-23-20(25)12-15-4-6-18(22)7-5-15;;/h1-7,13,19H,8-12,14,22H2,(H,23,25);2*1H. The number of halogens is 3. The Labute approximate surface area is 177 Å². The summed E-state index contributed by atoms with van der Waals surface area (Å²) in [6.07, 6.45) is 0.291. The number of morpholine rings is 1. The first-order chi connectivity index (χ1) is 12.6. The molecule has 1 atom stereocenters. The summed E-state index contributed by atoms with van der Waals surface area (Å²) in [6.45, 7) is 3.23. The summed E-state index contributed by atoms with van der Waals surface area (Å²) in [6, 6.07) is 13.7. The molecule has 154 valence electrons. The number of rotatable bonds is 6. The molecule has 0 spiro atoms. The summed E-state index contributed by atoms with van der Waals surface area (Å²) < 4.78 is 19.1. The summed E-state index contributed by atoms with van der Waals surface area (Å²) in [4.78, 5) is 14.5. The molecule has 0 aromatic heterocycles. The van der Waals surface area contributed by atoms with Crippen molar-refractivity contribution in [2.75, 3.05) is 38.6 Å². The van der Waals surface area contributed by atoms with Crippen molar-refractivity contribution in [1.29, 1.82) is 0 Å². The van der Waals surface area contributed by atoms with Gasteiger partial charge in [0, 0.05) is 25.3 Å². The summed E-state index contributed by atoms with van der Waals surface area (Å²) in [7, 11) is 0. The fourth-order valence-corrected chi connectivity index (χ4v) is 3.15. The van der Waals surface area contributed by atoms with Crippen molar-refractivity contribution in [3.63, 3.8) is 0 Å². The first-order valence-corrected chi connectivity index (χ1v) is 8.80. The van der Waals surface area contributed by atoms with Crippen LogP contribution in [0.25, 0.3) is 0 Å². The molecule has 1 unspecified atom stereocenters. The summed E-state index contributed by atoms with van der Waals surface area (Å²) in [5.41, 5.74) is 8.11. The third-order valence-electron chi connectivity index (χ3n) is 4.56. The van der Waals surface area contributed by atoms with Gasteiger partial charge in [0.1, 0.15) is 5.82 Å². The number of hydrogen-bond acceptors (Lipinski definition) is 4. The van der Waals surface area contributed by atoms with Gasteiger partial charge in [-0.15, -0.1) is 24.8 Å². The largest absolute Gasteiger partial charge is 0.399 e. The number of nitrogens with two attached hydrogens (primary N) is 1. The number of benzene rings is 2. The van der Waals surface area contributed by atoms with E-state index in [9.17, 15) is 9.18 Å². The molecule has 2 aromatic rings. The maximum Gasteiger partial charge on any atom is 0.224 e. The van der Waals surface area contributed by atoms with E-state index in [-0.39, 0.29) is 42.6 Å². The van der Waals surface area contributed by atoms with Gasteiger partial charge in [-0.3, -0.25) is 9.69 Å². The minimum Gasteiger partial charge on any atom is -0.399 e. The lowest BCUT2D eigenvalue weighted by atomic mass is 10.0. The van der Waals surface area contributed by atoms with Gasteiger partial charge in [0.15, 0.2) is 0 Å². The van der Waals surface area contributed by atoms with Crippen molar-refractivity contribution in [3.8, 4) is 0 Å². The monoisotopic (exact) mass is 429 g/mol. The van der Waals surface area contributed by atoms with Crippen molar-refractivity contribution in [1.82, 2.24) is 10.2 Å². The van der Waals surface area contributed by atoms with Crippen molar-refractivity contribution in [2.24, 2.45) is 0 Å². The molecule has 2 aromatic carbocycles. The Balaban J connectivity index is 0.00000196. The molecule has 8 heteroatoms. The predicted octanol–water partition coefficient (Wildman–Crippen LogP) is 2.98. The zero-order valence-electron chi connectivity index (χ0n) is 15.5. The zero-order valence-corrected chi connectivity index (χ0v) is 17.1. The van der Waals surface area contributed by atoms with Crippen molar-refractivity contribution in [3.05, 3.63) is 65.5 Å². The normalized spacial score (nSPS) is 15.0. The number of hydrogen-bond donors (Lipinski definition) is 2. The van der Waals surface area contributed by atoms with Crippen molar-refractivity contribution < 1.29 is 13.9 Å². The smallest absolute Gasteiger partial charge is 0.224 e. The molecule has 0 saturated carbocycles. The maximum atomic E-state index is 13.7. The number of anilines is 1. The van der Waals surface area contributed by atoms with Gasteiger partial charge < -0.3 is 15.8 Å². The Bertz CT molecular complexity index is 740. The highest BCUT2D eigenvalue weighted by Gasteiger charge is 2.23. The molecule has 1 amide bonds. The Morgan fingerprint density at radius 3 is 2.46 bits per heavy atom. The third-order valence-corrected chi connectivity index (χ3v) is 4.56. The third kappa shape index (κ3) is 6.95. The van der Waals surface area contributed by atoms with E-state index in [1.54, 1.807) is 18.2 Å². The van der Waals surface area contributed by atoms with Crippen molar-refractivity contribution >= 4 is 36.4 Å².